The summed E-state index contributed by atoms with van der Waals surface area (Å²) in [5.41, 5.74) is 0.678. The van der Waals surface area contributed by atoms with Gasteiger partial charge < -0.3 is 15.4 Å². The first-order valence-corrected chi connectivity index (χ1v) is 10.2. The Balaban J connectivity index is 0.00000280. The van der Waals surface area contributed by atoms with Crippen molar-refractivity contribution >= 4 is 30.0 Å². The lowest BCUT2D eigenvalue weighted by molar-refractivity contribution is -0.119. The number of ether oxygens (including phenoxy) is 1. The SMILES string of the molecule is CC(C)(C)OC(=O)c1ccc(NC(=O)[C@H]2NCC[C@H]2C2CCCCC2)cc1.Cl. The second-order valence-corrected chi connectivity index (χ2v) is 8.85. The van der Waals surface area contributed by atoms with Crippen LogP contribution in [0.1, 0.15) is 69.7 Å². The largest absolute Gasteiger partial charge is 0.456 e. The van der Waals surface area contributed by atoms with Crippen LogP contribution in [0.5, 0.6) is 0 Å². The average molecular weight is 409 g/mol. The smallest absolute Gasteiger partial charge is 0.338 e. The van der Waals surface area contributed by atoms with Crippen LogP contribution >= 0.6 is 12.4 Å². The van der Waals surface area contributed by atoms with Gasteiger partial charge in [-0.3, -0.25) is 4.79 Å². The maximum atomic E-state index is 12.8. The van der Waals surface area contributed by atoms with Crippen molar-refractivity contribution in [3.63, 3.8) is 0 Å². The van der Waals surface area contributed by atoms with E-state index in [4.69, 9.17) is 4.74 Å². The van der Waals surface area contributed by atoms with E-state index in [9.17, 15) is 9.59 Å². The van der Waals surface area contributed by atoms with Crippen molar-refractivity contribution in [1.29, 1.82) is 0 Å². The molecule has 1 aliphatic heterocycles. The topological polar surface area (TPSA) is 67.4 Å². The van der Waals surface area contributed by atoms with Gasteiger partial charge in [0.1, 0.15) is 5.60 Å². The van der Waals surface area contributed by atoms with Crippen LogP contribution in [0.15, 0.2) is 24.3 Å². The van der Waals surface area contributed by atoms with Crippen molar-refractivity contribution in [2.75, 3.05) is 11.9 Å². The molecule has 2 atom stereocenters. The van der Waals surface area contributed by atoms with Crippen molar-refractivity contribution < 1.29 is 14.3 Å². The molecule has 1 aliphatic carbocycles. The van der Waals surface area contributed by atoms with Gasteiger partial charge in [-0.25, -0.2) is 4.79 Å². The van der Waals surface area contributed by atoms with Crippen LogP contribution < -0.4 is 10.6 Å². The molecule has 0 bridgehead atoms. The number of hydrogen-bond donors (Lipinski definition) is 2. The lowest BCUT2D eigenvalue weighted by Gasteiger charge is -2.30. The first kappa shape index (κ1) is 22.7. The van der Waals surface area contributed by atoms with Gasteiger partial charge in [0.2, 0.25) is 5.91 Å². The molecular formula is C22H33ClN2O3. The van der Waals surface area contributed by atoms with E-state index >= 15 is 0 Å². The van der Waals surface area contributed by atoms with E-state index < -0.39 is 5.60 Å². The molecule has 1 amide bonds. The molecule has 0 aromatic heterocycles. The minimum Gasteiger partial charge on any atom is -0.456 e. The number of amides is 1. The fourth-order valence-electron chi connectivity index (χ4n) is 4.33. The third-order valence-electron chi connectivity index (χ3n) is 5.59. The summed E-state index contributed by atoms with van der Waals surface area (Å²) in [6.07, 6.45) is 7.50. The predicted octanol–water partition coefficient (Wildman–Crippen LogP) is 4.56. The van der Waals surface area contributed by atoms with Gasteiger partial charge in [-0.05, 0) is 69.8 Å². The highest BCUT2D eigenvalue weighted by Crippen LogP contribution is 2.36. The second kappa shape index (κ2) is 9.75. The number of anilines is 1. The Morgan fingerprint density at radius 3 is 2.29 bits per heavy atom. The van der Waals surface area contributed by atoms with Crippen LogP contribution in [0.3, 0.4) is 0 Å². The zero-order chi connectivity index (χ0) is 19.4. The van der Waals surface area contributed by atoms with Crippen molar-refractivity contribution in [2.45, 2.75) is 70.9 Å². The van der Waals surface area contributed by atoms with Crippen molar-refractivity contribution in [1.82, 2.24) is 5.32 Å². The molecule has 0 unspecified atom stereocenters. The van der Waals surface area contributed by atoms with Gasteiger partial charge in [0.05, 0.1) is 11.6 Å². The molecule has 2 aliphatic rings. The first-order chi connectivity index (χ1) is 12.8. The van der Waals surface area contributed by atoms with Crippen LogP contribution in [0.2, 0.25) is 0 Å². The lowest BCUT2D eigenvalue weighted by Crippen LogP contribution is -2.42. The highest BCUT2D eigenvalue weighted by Gasteiger charge is 2.38. The Labute approximate surface area is 174 Å². The molecule has 2 N–H and O–H groups in total. The van der Waals surface area contributed by atoms with Crippen LogP contribution in [0, 0.1) is 11.8 Å². The molecule has 0 spiro atoms. The second-order valence-electron chi connectivity index (χ2n) is 8.85. The van der Waals surface area contributed by atoms with Crippen LogP contribution in [-0.2, 0) is 9.53 Å². The Kier molecular flexibility index (Phi) is 7.90. The van der Waals surface area contributed by atoms with Crippen LogP contribution in [0.25, 0.3) is 0 Å². The van der Waals surface area contributed by atoms with Crippen molar-refractivity contribution in [3.05, 3.63) is 29.8 Å². The number of hydrogen-bond acceptors (Lipinski definition) is 4. The van der Waals surface area contributed by atoms with E-state index in [0.29, 0.717) is 23.1 Å². The molecule has 1 aromatic carbocycles. The highest BCUT2D eigenvalue weighted by atomic mass is 35.5. The predicted molar refractivity (Wildman–Crippen MR) is 114 cm³/mol. The van der Waals surface area contributed by atoms with Gasteiger partial charge in [-0.2, -0.15) is 0 Å². The third kappa shape index (κ3) is 5.95. The van der Waals surface area contributed by atoms with Gasteiger partial charge in [0.25, 0.3) is 0 Å². The average Bonchev–Trinajstić information content (AvgIpc) is 3.11. The Morgan fingerprint density at radius 2 is 1.68 bits per heavy atom. The van der Waals surface area contributed by atoms with E-state index in [1.54, 1.807) is 24.3 Å². The number of halogens is 1. The molecule has 0 radical (unpaired) electrons. The lowest BCUT2D eigenvalue weighted by atomic mass is 9.76. The summed E-state index contributed by atoms with van der Waals surface area (Å²) in [6, 6.07) is 6.82. The quantitative estimate of drug-likeness (QED) is 0.716. The van der Waals surface area contributed by atoms with Gasteiger partial charge in [0.15, 0.2) is 0 Å². The maximum Gasteiger partial charge on any atom is 0.338 e. The Bertz CT molecular complexity index is 663. The van der Waals surface area contributed by atoms with Crippen LogP contribution in [-0.4, -0.2) is 30.1 Å². The fourth-order valence-corrected chi connectivity index (χ4v) is 4.33. The van der Waals surface area contributed by atoms with Crippen molar-refractivity contribution in [3.8, 4) is 0 Å². The third-order valence-corrected chi connectivity index (χ3v) is 5.59. The highest BCUT2D eigenvalue weighted by molar-refractivity contribution is 5.96. The summed E-state index contributed by atoms with van der Waals surface area (Å²) < 4.78 is 5.37. The maximum absolute atomic E-state index is 12.8. The van der Waals surface area contributed by atoms with Gasteiger partial charge in [-0.15, -0.1) is 12.4 Å². The monoisotopic (exact) mass is 408 g/mol. The summed E-state index contributed by atoms with van der Waals surface area (Å²) in [4.78, 5) is 24.9. The molecule has 5 nitrogen and oxygen atoms in total. The van der Waals surface area contributed by atoms with E-state index in [1.807, 2.05) is 20.8 Å². The van der Waals surface area contributed by atoms with E-state index in [1.165, 1.54) is 32.1 Å². The molecule has 2 fully saturated rings. The molecular weight excluding hydrogens is 376 g/mol. The molecule has 28 heavy (non-hydrogen) atoms. The minimum atomic E-state index is -0.522. The summed E-state index contributed by atoms with van der Waals surface area (Å²) in [6.45, 7) is 6.45. The van der Waals surface area contributed by atoms with Gasteiger partial charge >= 0.3 is 5.97 Å². The van der Waals surface area contributed by atoms with E-state index in [0.717, 1.165) is 13.0 Å². The van der Waals surface area contributed by atoms with Crippen LogP contribution in [0.4, 0.5) is 5.69 Å². The minimum absolute atomic E-state index is 0. The standard InChI is InChI=1S/C22H32N2O3.ClH/c1-22(2,3)27-21(26)16-9-11-17(12-10-16)24-20(25)19-18(13-14-23-19)15-7-5-4-6-8-15;/h9-12,15,18-19,23H,4-8,13-14H2,1-3H3,(H,24,25);1H/t18-,19-;/m0./s1. The first-order valence-electron chi connectivity index (χ1n) is 10.2. The van der Waals surface area contributed by atoms with Gasteiger partial charge in [0, 0.05) is 5.69 Å². The van der Waals surface area contributed by atoms with E-state index in [2.05, 4.69) is 10.6 Å². The normalized spacial score (nSPS) is 23.0. The number of carbonyl (C=O) groups excluding carboxylic acids is 2. The van der Waals surface area contributed by atoms with Gasteiger partial charge in [-0.1, -0.05) is 32.1 Å². The summed E-state index contributed by atoms with van der Waals surface area (Å²) in [5, 5.41) is 6.41. The summed E-state index contributed by atoms with van der Waals surface area (Å²) in [5.74, 6) is 0.786. The number of esters is 1. The Morgan fingerprint density at radius 1 is 1.04 bits per heavy atom. The number of benzene rings is 1. The molecule has 1 saturated carbocycles. The molecule has 3 rings (SSSR count). The molecule has 156 valence electrons. The van der Waals surface area contributed by atoms with E-state index in [-0.39, 0.29) is 30.3 Å². The summed E-state index contributed by atoms with van der Waals surface area (Å²) in [7, 11) is 0. The zero-order valence-corrected chi connectivity index (χ0v) is 17.9. The van der Waals surface area contributed by atoms with Crippen molar-refractivity contribution in [2.24, 2.45) is 11.8 Å². The number of carbonyl (C=O) groups is 2. The molecule has 6 heteroatoms. The molecule has 1 saturated heterocycles. The number of nitrogens with one attached hydrogen (secondary N) is 2. The number of rotatable bonds is 4. The summed E-state index contributed by atoms with van der Waals surface area (Å²) >= 11 is 0. The molecule has 1 heterocycles. The zero-order valence-electron chi connectivity index (χ0n) is 17.1. The molecule has 1 aromatic rings. The Hall–Kier alpha value is -1.59. The fraction of sp³-hybridized carbons (Fsp3) is 0.636.